The molecule has 2 nitrogen and oxygen atoms in total. The molecule has 0 unspecified atom stereocenters. The molecule has 0 rings (SSSR count). The molecule has 0 fully saturated rings. The summed E-state index contributed by atoms with van der Waals surface area (Å²) >= 11 is 0. The zero-order valence-electron chi connectivity index (χ0n) is 2.06. The summed E-state index contributed by atoms with van der Waals surface area (Å²) in [5.74, 6) is 0. The van der Waals surface area contributed by atoms with Crippen LogP contribution in [0.25, 0.3) is 0 Å². The standard InChI is InChI=1S/C2H2NO/c1-3-2-4/h1H2/q-1. The minimum atomic E-state index is 1.19. The van der Waals surface area contributed by atoms with Crippen molar-refractivity contribution < 1.29 is 4.79 Å². The largest absolute Gasteiger partial charge is 0.389 e. The van der Waals surface area contributed by atoms with E-state index < -0.39 is 0 Å². The first-order chi connectivity index (χ1) is 1.91. The van der Waals surface area contributed by atoms with Crippen molar-refractivity contribution in [1.82, 2.24) is 0 Å². The van der Waals surface area contributed by atoms with Crippen LogP contribution in [0.3, 0.4) is 0 Å². The van der Waals surface area contributed by atoms with E-state index in [0.717, 1.165) is 0 Å². The van der Waals surface area contributed by atoms with Crippen LogP contribution in [0, 0.1) is 7.05 Å². The molecule has 0 saturated heterocycles. The molecule has 0 spiro atoms. The quantitative estimate of drug-likeness (QED) is 0.220. The number of hydrogen-bond acceptors (Lipinski definition) is 2. The molecule has 0 aliphatic rings. The van der Waals surface area contributed by atoms with Gasteiger partial charge in [0.1, 0.15) is 0 Å². The summed E-state index contributed by atoms with van der Waals surface area (Å²) < 4.78 is 0. The first-order valence-corrected chi connectivity index (χ1v) is 0.744. The van der Waals surface area contributed by atoms with Gasteiger partial charge in [-0.2, -0.15) is 7.05 Å². The van der Waals surface area contributed by atoms with E-state index >= 15 is 0 Å². The highest BCUT2D eigenvalue weighted by molar-refractivity contribution is 5.32. The van der Waals surface area contributed by atoms with Crippen molar-refractivity contribution >= 4 is 6.08 Å². The summed E-state index contributed by atoms with van der Waals surface area (Å²) in [6.45, 7) is 0. The molecule has 0 saturated carbocycles. The van der Waals surface area contributed by atoms with E-state index in [1.807, 2.05) is 0 Å². The zero-order valence-corrected chi connectivity index (χ0v) is 2.06. The number of carbonyl (C=O) groups excluding carboxylic acids is 1. The second kappa shape index (κ2) is 2.25. The maximum absolute atomic E-state index is 8.82. The van der Waals surface area contributed by atoms with Gasteiger partial charge in [0.15, 0.2) is 0 Å². The van der Waals surface area contributed by atoms with Crippen molar-refractivity contribution in [2.45, 2.75) is 0 Å². The SMILES string of the molecule is [CH2-]N=C=O. The number of rotatable bonds is 0. The smallest absolute Gasteiger partial charge is 0.0115 e. The third-order valence-corrected chi connectivity index (χ3v) is 0.0645. The van der Waals surface area contributed by atoms with Crippen LogP contribution in [0.4, 0.5) is 0 Å². The van der Waals surface area contributed by atoms with E-state index in [2.05, 4.69) is 12.0 Å². The van der Waals surface area contributed by atoms with Gasteiger partial charge in [-0.25, -0.2) is 0 Å². The van der Waals surface area contributed by atoms with Gasteiger partial charge in [-0.05, 0) is 6.08 Å². The van der Waals surface area contributed by atoms with Crippen molar-refractivity contribution in [3.8, 4) is 0 Å². The highest BCUT2D eigenvalue weighted by Gasteiger charge is 1.09. The van der Waals surface area contributed by atoms with Gasteiger partial charge in [0.25, 0.3) is 0 Å². The Morgan fingerprint density at radius 1 is 2.00 bits per heavy atom. The third-order valence-electron chi connectivity index (χ3n) is 0.0645. The first kappa shape index (κ1) is 3.25. The Kier molecular flexibility index (Phi) is 1.83. The summed E-state index contributed by atoms with van der Waals surface area (Å²) in [5, 5.41) is 0. The monoisotopic (exact) mass is 56.0 g/mol. The van der Waals surface area contributed by atoms with Crippen LogP contribution in [-0.4, -0.2) is 6.08 Å². The number of aliphatic imine (C=N–C) groups is 1. The molecule has 0 amide bonds. The summed E-state index contributed by atoms with van der Waals surface area (Å²) in [5.41, 5.74) is 0. The van der Waals surface area contributed by atoms with Gasteiger partial charge in [0.2, 0.25) is 0 Å². The molecule has 0 heterocycles. The van der Waals surface area contributed by atoms with Crippen LogP contribution >= 0.6 is 0 Å². The number of nitrogens with zero attached hydrogens (tertiary/aromatic N) is 1. The van der Waals surface area contributed by atoms with Gasteiger partial charge in [-0.1, -0.05) is 0 Å². The van der Waals surface area contributed by atoms with Crippen molar-refractivity contribution in [3.05, 3.63) is 7.05 Å². The van der Waals surface area contributed by atoms with Crippen LogP contribution < -0.4 is 0 Å². The second-order valence-electron chi connectivity index (χ2n) is 0.249. The van der Waals surface area contributed by atoms with Crippen molar-refractivity contribution in [1.29, 1.82) is 0 Å². The maximum Gasteiger partial charge on any atom is -0.0115 e. The fourth-order valence-electron chi connectivity index (χ4n) is 0. The lowest BCUT2D eigenvalue weighted by molar-refractivity contribution is 0.565. The van der Waals surface area contributed by atoms with Crippen molar-refractivity contribution in [3.63, 3.8) is 0 Å². The predicted molar refractivity (Wildman–Crippen MR) is 13.5 cm³/mol. The number of isocyanates is 1. The minimum absolute atomic E-state index is 1.19. The molecule has 0 aromatic heterocycles. The highest BCUT2D eigenvalue weighted by atomic mass is 16.1. The molecule has 0 atom stereocenters. The summed E-state index contributed by atoms with van der Waals surface area (Å²) in [6, 6.07) is 0. The lowest BCUT2D eigenvalue weighted by atomic mass is 11.4. The maximum atomic E-state index is 8.82. The molecule has 0 aliphatic carbocycles. The van der Waals surface area contributed by atoms with Crippen LogP contribution in [-0.2, 0) is 4.79 Å². The Morgan fingerprint density at radius 3 is 2.25 bits per heavy atom. The molecule has 0 N–H and O–H groups in total. The minimum Gasteiger partial charge on any atom is -0.389 e. The van der Waals surface area contributed by atoms with E-state index in [1.54, 1.807) is 0 Å². The van der Waals surface area contributed by atoms with Crippen LogP contribution in [0.15, 0.2) is 4.99 Å². The van der Waals surface area contributed by atoms with Gasteiger partial charge in [-0.3, -0.25) is 0 Å². The Morgan fingerprint density at radius 2 is 2.25 bits per heavy atom. The average Bonchev–Trinajstić information content (AvgIpc) is 1.37. The van der Waals surface area contributed by atoms with Crippen molar-refractivity contribution in [2.24, 2.45) is 4.99 Å². The van der Waals surface area contributed by atoms with E-state index in [4.69, 9.17) is 4.79 Å². The molecule has 2 heteroatoms. The van der Waals surface area contributed by atoms with Gasteiger partial charge in [-0.15, -0.1) is 0 Å². The molecular weight excluding hydrogens is 54.0 g/mol. The first-order valence-electron chi connectivity index (χ1n) is 0.744. The Bertz CT molecular complexity index is 44.0. The van der Waals surface area contributed by atoms with E-state index in [1.165, 1.54) is 6.08 Å². The normalized spacial score (nSPS) is 4.00. The summed E-state index contributed by atoms with van der Waals surface area (Å²) in [4.78, 5) is 11.5. The third kappa shape index (κ3) is 1.25. The summed E-state index contributed by atoms with van der Waals surface area (Å²) in [6.07, 6.45) is 1.19. The van der Waals surface area contributed by atoms with Crippen LogP contribution in [0.2, 0.25) is 0 Å². The van der Waals surface area contributed by atoms with Gasteiger partial charge in [0.05, 0.1) is 0 Å². The fraction of sp³-hybridized carbons (Fsp3) is 0. The van der Waals surface area contributed by atoms with Gasteiger partial charge in [0, 0.05) is 0 Å². The fourth-order valence-corrected chi connectivity index (χ4v) is 0. The molecular formula is C2H2NO-. The second-order valence-corrected chi connectivity index (χ2v) is 0.249. The van der Waals surface area contributed by atoms with Gasteiger partial charge >= 0.3 is 0 Å². The molecule has 4 heavy (non-hydrogen) atoms. The average molecular weight is 56.0 g/mol. The topological polar surface area (TPSA) is 29.4 Å². The lowest BCUT2D eigenvalue weighted by Gasteiger charge is -1.55. The van der Waals surface area contributed by atoms with Crippen LogP contribution in [0.1, 0.15) is 0 Å². The lowest BCUT2D eigenvalue weighted by Crippen LogP contribution is -1.32. The Hall–Kier alpha value is -0.750. The molecule has 0 radical (unpaired) electrons. The molecule has 22 valence electrons. The van der Waals surface area contributed by atoms with E-state index in [-0.39, 0.29) is 0 Å². The van der Waals surface area contributed by atoms with Crippen LogP contribution in [0.5, 0.6) is 0 Å². The molecule has 0 aromatic carbocycles. The van der Waals surface area contributed by atoms with Gasteiger partial charge < -0.3 is 9.79 Å². The van der Waals surface area contributed by atoms with E-state index in [9.17, 15) is 0 Å². The Labute approximate surface area is 24.2 Å². The number of hydrogen-bond donors (Lipinski definition) is 0. The molecule has 0 aromatic rings. The summed E-state index contributed by atoms with van der Waals surface area (Å²) in [7, 11) is 2.81. The predicted octanol–water partition coefficient (Wildman–Crippen LogP) is 0.114. The van der Waals surface area contributed by atoms with Crippen molar-refractivity contribution in [2.75, 3.05) is 0 Å². The molecule has 0 aliphatic heterocycles. The Balaban J connectivity index is 3.11. The highest BCUT2D eigenvalue weighted by Crippen LogP contribution is 1.36. The van der Waals surface area contributed by atoms with E-state index in [0.29, 0.717) is 0 Å². The zero-order chi connectivity index (χ0) is 3.41. The molecule has 0 bridgehead atoms.